The van der Waals surface area contributed by atoms with Gasteiger partial charge in [0.1, 0.15) is 22.0 Å². The zero-order valence-electron chi connectivity index (χ0n) is 19.7. The van der Waals surface area contributed by atoms with Crippen molar-refractivity contribution in [1.29, 1.82) is 0 Å². The molecular weight excluding hydrogens is 462 g/mol. The number of likely N-dealkylation sites (tertiary alicyclic amines) is 1. The van der Waals surface area contributed by atoms with Gasteiger partial charge in [-0.25, -0.2) is 0 Å². The molecule has 1 aliphatic rings. The number of thiophene rings is 1. The van der Waals surface area contributed by atoms with Crippen LogP contribution in [0.4, 0.5) is 0 Å². The van der Waals surface area contributed by atoms with E-state index in [0.29, 0.717) is 51.1 Å². The summed E-state index contributed by atoms with van der Waals surface area (Å²) in [6.45, 7) is 2.30. The molecule has 4 aromatic rings. The number of carbonyl (C=O) groups is 2. The van der Waals surface area contributed by atoms with Crippen molar-refractivity contribution in [1.82, 2.24) is 14.8 Å². The Morgan fingerprint density at radius 3 is 2.77 bits per heavy atom. The van der Waals surface area contributed by atoms with Gasteiger partial charge in [-0.15, -0.1) is 11.3 Å². The normalized spacial score (nSPS) is 14.4. The molecule has 0 unspecified atom stereocenters. The van der Waals surface area contributed by atoms with Crippen molar-refractivity contribution in [2.75, 3.05) is 26.7 Å². The number of hydrogen-bond acceptors (Lipinski definition) is 5. The van der Waals surface area contributed by atoms with Crippen LogP contribution in [0, 0.1) is 5.92 Å². The number of carbonyl (C=O) groups excluding carboxylic acids is 2. The van der Waals surface area contributed by atoms with E-state index in [4.69, 9.17) is 9.15 Å². The smallest absolute Gasteiger partial charge is 0.270 e. The molecule has 4 heterocycles. The average Bonchev–Trinajstić information content (AvgIpc) is 3.63. The number of fused-ring (bicyclic) bond motifs is 1. The summed E-state index contributed by atoms with van der Waals surface area (Å²) in [5.41, 5.74) is 1.77. The maximum absolute atomic E-state index is 13.6. The fourth-order valence-corrected chi connectivity index (χ4v) is 5.57. The van der Waals surface area contributed by atoms with Crippen molar-refractivity contribution in [3.63, 3.8) is 0 Å². The first-order valence-electron chi connectivity index (χ1n) is 11.9. The van der Waals surface area contributed by atoms with E-state index >= 15 is 0 Å². The molecule has 1 N–H and O–H groups in total. The SMILES string of the molecule is COc1cccc(Cn2c(C(=O)N3CCC(C(=O)NCCc4ccco4)CC3)cc3ccsc32)c1. The number of nitrogens with zero attached hydrogens (tertiary/aromatic N) is 2. The minimum Gasteiger partial charge on any atom is -0.497 e. The molecule has 0 saturated carbocycles. The Hall–Kier alpha value is -3.52. The van der Waals surface area contributed by atoms with Crippen LogP contribution in [0.25, 0.3) is 10.2 Å². The summed E-state index contributed by atoms with van der Waals surface area (Å²) in [6, 6.07) is 15.7. The molecule has 35 heavy (non-hydrogen) atoms. The van der Waals surface area contributed by atoms with Gasteiger partial charge in [0.25, 0.3) is 5.91 Å². The molecule has 0 bridgehead atoms. The van der Waals surface area contributed by atoms with Crippen molar-refractivity contribution < 1.29 is 18.7 Å². The molecule has 182 valence electrons. The van der Waals surface area contributed by atoms with Crippen molar-refractivity contribution in [2.24, 2.45) is 5.92 Å². The van der Waals surface area contributed by atoms with Gasteiger partial charge in [0, 0.05) is 43.9 Å². The highest BCUT2D eigenvalue weighted by molar-refractivity contribution is 7.16. The molecule has 0 radical (unpaired) electrons. The number of nitrogens with one attached hydrogen (secondary N) is 1. The molecule has 8 heteroatoms. The molecule has 1 aliphatic heterocycles. The summed E-state index contributed by atoms with van der Waals surface area (Å²) in [6.07, 6.45) is 3.66. The zero-order valence-corrected chi connectivity index (χ0v) is 20.6. The van der Waals surface area contributed by atoms with Crippen molar-refractivity contribution in [2.45, 2.75) is 25.8 Å². The Balaban J connectivity index is 1.23. The van der Waals surface area contributed by atoms with Gasteiger partial charge in [-0.05, 0) is 60.2 Å². The number of aromatic nitrogens is 1. The van der Waals surface area contributed by atoms with E-state index in [1.54, 1.807) is 24.7 Å². The molecule has 3 aromatic heterocycles. The topological polar surface area (TPSA) is 76.7 Å². The second-order valence-electron chi connectivity index (χ2n) is 8.84. The Morgan fingerprint density at radius 1 is 1.14 bits per heavy atom. The maximum atomic E-state index is 13.6. The molecule has 7 nitrogen and oxygen atoms in total. The Bertz CT molecular complexity index is 1300. The zero-order chi connectivity index (χ0) is 24.2. The molecule has 0 spiro atoms. The van der Waals surface area contributed by atoms with E-state index in [0.717, 1.165) is 27.3 Å². The second-order valence-corrected chi connectivity index (χ2v) is 9.73. The Labute approximate surface area is 208 Å². The van der Waals surface area contributed by atoms with Crippen LogP contribution in [0.2, 0.25) is 0 Å². The third-order valence-corrected chi connectivity index (χ3v) is 7.55. The predicted octanol–water partition coefficient (Wildman–Crippen LogP) is 4.56. The number of methoxy groups -OCH3 is 1. The molecule has 2 amide bonds. The lowest BCUT2D eigenvalue weighted by molar-refractivity contribution is -0.126. The lowest BCUT2D eigenvalue weighted by atomic mass is 9.95. The van der Waals surface area contributed by atoms with E-state index in [-0.39, 0.29) is 17.7 Å². The van der Waals surface area contributed by atoms with Crippen molar-refractivity contribution in [3.05, 3.63) is 77.2 Å². The molecule has 1 aromatic carbocycles. The largest absolute Gasteiger partial charge is 0.497 e. The first-order chi connectivity index (χ1) is 17.1. The van der Waals surface area contributed by atoms with E-state index in [1.807, 2.05) is 47.4 Å². The Morgan fingerprint density at radius 2 is 2.00 bits per heavy atom. The first-order valence-corrected chi connectivity index (χ1v) is 12.8. The molecule has 5 rings (SSSR count). The van der Waals surface area contributed by atoms with E-state index < -0.39 is 0 Å². The minimum absolute atomic E-state index is 0.0213. The summed E-state index contributed by atoms with van der Waals surface area (Å²) in [5.74, 6) is 1.68. The monoisotopic (exact) mass is 491 g/mol. The number of furan rings is 1. The van der Waals surface area contributed by atoms with Crippen LogP contribution in [-0.2, 0) is 17.8 Å². The van der Waals surface area contributed by atoms with E-state index in [9.17, 15) is 9.59 Å². The highest BCUT2D eigenvalue weighted by Gasteiger charge is 2.29. The number of benzene rings is 1. The fourth-order valence-electron chi connectivity index (χ4n) is 4.68. The van der Waals surface area contributed by atoms with Crippen molar-refractivity contribution >= 4 is 33.4 Å². The highest BCUT2D eigenvalue weighted by atomic mass is 32.1. The quantitative estimate of drug-likeness (QED) is 0.392. The van der Waals surface area contributed by atoms with Gasteiger partial charge in [-0.2, -0.15) is 0 Å². The third kappa shape index (κ3) is 5.12. The predicted molar refractivity (Wildman–Crippen MR) is 136 cm³/mol. The summed E-state index contributed by atoms with van der Waals surface area (Å²) in [5, 5.41) is 6.14. The lowest BCUT2D eigenvalue weighted by Crippen LogP contribution is -2.43. The van der Waals surface area contributed by atoms with Gasteiger partial charge >= 0.3 is 0 Å². The van der Waals surface area contributed by atoms with Crippen LogP contribution >= 0.6 is 11.3 Å². The highest BCUT2D eigenvalue weighted by Crippen LogP contribution is 2.29. The summed E-state index contributed by atoms with van der Waals surface area (Å²) in [4.78, 5) is 29.1. The van der Waals surface area contributed by atoms with Crippen LogP contribution in [-0.4, -0.2) is 48.0 Å². The van der Waals surface area contributed by atoms with Crippen LogP contribution < -0.4 is 10.1 Å². The van der Waals surface area contributed by atoms with Crippen LogP contribution in [0.15, 0.2) is 64.6 Å². The van der Waals surface area contributed by atoms with Crippen molar-refractivity contribution in [3.8, 4) is 5.75 Å². The minimum atomic E-state index is -0.0669. The molecule has 1 fully saturated rings. The van der Waals surface area contributed by atoms with Gasteiger partial charge < -0.3 is 23.9 Å². The molecular formula is C27H29N3O4S. The number of hydrogen-bond donors (Lipinski definition) is 1. The van der Waals surface area contributed by atoms with Crippen LogP contribution in [0.1, 0.15) is 34.7 Å². The standard InChI is InChI=1S/C27H29N3O4S/c1-33-23-5-2-4-19(16-23)18-30-24(17-21-10-15-35-27(21)30)26(32)29-12-8-20(9-13-29)25(31)28-11-7-22-6-3-14-34-22/h2-6,10,14-17,20H,7-9,11-13,18H2,1H3,(H,28,31). The number of amides is 2. The molecule has 0 aliphatic carbocycles. The number of piperidine rings is 1. The van der Waals surface area contributed by atoms with E-state index in [2.05, 4.69) is 21.3 Å². The van der Waals surface area contributed by atoms with Gasteiger partial charge in [-0.3, -0.25) is 9.59 Å². The van der Waals surface area contributed by atoms with Gasteiger partial charge in [0.05, 0.1) is 13.4 Å². The van der Waals surface area contributed by atoms with Gasteiger partial charge in [0.2, 0.25) is 5.91 Å². The maximum Gasteiger partial charge on any atom is 0.270 e. The number of ether oxygens (including phenoxy) is 1. The van der Waals surface area contributed by atoms with Gasteiger partial charge in [0.15, 0.2) is 0 Å². The van der Waals surface area contributed by atoms with Crippen LogP contribution in [0.3, 0.4) is 0 Å². The van der Waals surface area contributed by atoms with Gasteiger partial charge in [-0.1, -0.05) is 12.1 Å². The fraction of sp³-hybridized carbons (Fsp3) is 0.333. The summed E-state index contributed by atoms with van der Waals surface area (Å²) < 4.78 is 12.8. The molecule has 1 saturated heterocycles. The summed E-state index contributed by atoms with van der Waals surface area (Å²) >= 11 is 1.64. The first kappa shape index (κ1) is 23.2. The summed E-state index contributed by atoms with van der Waals surface area (Å²) in [7, 11) is 1.66. The second kappa shape index (κ2) is 10.4. The molecule has 0 atom stereocenters. The number of rotatable bonds is 8. The third-order valence-electron chi connectivity index (χ3n) is 6.60. The Kier molecular flexibility index (Phi) is 6.90. The average molecular weight is 492 g/mol. The lowest BCUT2D eigenvalue weighted by Gasteiger charge is -2.31. The van der Waals surface area contributed by atoms with Crippen LogP contribution in [0.5, 0.6) is 5.75 Å². The van der Waals surface area contributed by atoms with E-state index in [1.165, 1.54) is 0 Å².